The molecule has 0 bridgehead atoms. The van der Waals surface area contributed by atoms with Gasteiger partial charge in [0, 0.05) is 0 Å². The van der Waals surface area contributed by atoms with Crippen LogP contribution in [0.3, 0.4) is 0 Å². The number of esters is 1. The Kier molecular flexibility index (Phi) is 4.69. The summed E-state index contributed by atoms with van der Waals surface area (Å²) in [6, 6.07) is 13.1. The lowest BCUT2D eigenvalue weighted by atomic mass is 9.85. The van der Waals surface area contributed by atoms with Crippen LogP contribution in [0.25, 0.3) is 0 Å². The largest absolute Gasteiger partial charge is 0.497 e. The molecule has 1 aliphatic carbocycles. The van der Waals surface area contributed by atoms with Crippen molar-refractivity contribution in [3.8, 4) is 11.5 Å². The first-order valence-corrected chi connectivity index (χ1v) is 9.07. The maximum absolute atomic E-state index is 12.6. The molecule has 4 rings (SSSR count). The standard InChI is InChI=1S/C22H19NO5/c1-27-17-6-4-5-14(13-17)22(26)28-16-11-9-15(10-12-16)23-20(24)18-7-2-3-8-19(18)21(23)25/h2-6,9-13,18-19H,7-8H2,1H3/t18-,19+. The van der Waals surface area contributed by atoms with E-state index in [1.54, 1.807) is 48.5 Å². The van der Waals surface area contributed by atoms with Gasteiger partial charge in [0.15, 0.2) is 0 Å². The number of hydrogen-bond donors (Lipinski definition) is 0. The maximum atomic E-state index is 12.6. The van der Waals surface area contributed by atoms with Crippen molar-refractivity contribution in [2.45, 2.75) is 12.8 Å². The van der Waals surface area contributed by atoms with E-state index in [4.69, 9.17) is 9.47 Å². The lowest BCUT2D eigenvalue weighted by Gasteiger charge is -2.15. The fourth-order valence-electron chi connectivity index (χ4n) is 3.63. The van der Waals surface area contributed by atoms with Gasteiger partial charge in [0.25, 0.3) is 0 Å². The van der Waals surface area contributed by atoms with Gasteiger partial charge in [-0.1, -0.05) is 18.2 Å². The summed E-state index contributed by atoms with van der Waals surface area (Å²) in [5, 5.41) is 0. The number of carbonyl (C=O) groups is 3. The quantitative estimate of drug-likeness (QED) is 0.354. The third-order valence-electron chi connectivity index (χ3n) is 5.12. The Balaban J connectivity index is 1.49. The van der Waals surface area contributed by atoms with Crippen LogP contribution >= 0.6 is 0 Å². The van der Waals surface area contributed by atoms with E-state index in [-0.39, 0.29) is 23.7 Å². The highest BCUT2D eigenvalue weighted by atomic mass is 16.5. The molecule has 0 radical (unpaired) electrons. The van der Waals surface area contributed by atoms with E-state index >= 15 is 0 Å². The second-order valence-electron chi connectivity index (χ2n) is 6.78. The van der Waals surface area contributed by atoms with E-state index in [1.807, 2.05) is 12.2 Å². The van der Waals surface area contributed by atoms with Crippen molar-refractivity contribution in [2.24, 2.45) is 11.8 Å². The number of nitrogens with zero attached hydrogens (tertiary/aromatic N) is 1. The van der Waals surface area contributed by atoms with Crippen molar-refractivity contribution in [3.05, 3.63) is 66.2 Å². The lowest BCUT2D eigenvalue weighted by Crippen LogP contribution is -2.30. The molecule has 2 atom stereocenters. The highest BCUT2D eigenvalue weighted by molar-refractivity contribution is 6.22. The van der Waals surface area contributed by atoms with E-state index in [9.17, 15) is 14.4 Å². The summed E-state index contributed by atoms with van der Waals surface area (Å²) in [5.74, 6) is -0.509. The van der Waals surface area contributed by atoms with Crippen LogP contribution in [0, 0.1) is 11.8 Å². The number of anilines is 1. The molecule has 0 spiro atoms. The molecule has 0 unspecified atom stereocenters. The normalized spacial score (nSPS) is 20.8. The minimum Gasteiger partial charge on any atom is -0.497 e. The summed E-state index contributed by atoms with van der Waals surface area (Å²) < 4.78 is 10.5. The van der Waals surface area contributed by atoms with Crippen LogP contribution in [-0.4, -0.2) is 24.9 Å². The fraction of sp³-hybridized carbons (Fsp3) is 0.227. The fourth-order valence-corrected chi connectivity index (χ4v) is 3.63. The molecule has 6 nitrogen and oxygen atoms in total. The van der Waals surface area contributed by atoms with E-state index in [0.717, 1.165) is 0 Å². The minimum atomic E-state index is -0.517. The number of benzene rings is 2. The van der Waals surface area contributed by atoms with Crippen molar-refractivity contribution in [1.82, 2.24) is 0 Å². The average Bonchev–Trinajstić information content (AvgIpc) is 2.99. The molecule has 0 aromatic heterocycles. The number of amides is 2. The van der Waals surface area contributed by atoms with Gasteiger partial charge in [-0.2, -0.15) is 0 Å². The Hall–Kier alpha value is -3.41. The van der Waals surface area contributed by atoms with Crippen LogP contribution in [0.2, 0.25) is 0 Å². The first-order chi connectivity index (χ1) is 13.6. The molecule has 6 heteroatoms. The van der Waals surface area contributed by atoms with Crippen LogP contribution in [0.15, 0.2) is 60.7 Å². The van der Waals surface area contributed by atoms with Gasteiger partial charge >= 0.3 is 5.97 Å². The summed E-state index contributed by atoms with van der Waals surface area (Å²) in [5.41, 5.74) is 0.857. The molecule has 2 aromatic rings. The predicted molar refractivity (Wildman–Crippen MR) is 102 cm³/mol. The number of rotatable bonds is 4. The number of ether oxygens (including phenoxy) is 2. The number of methoxy groups -OCH3 is 1. The second kappa shape index (κ2) is 7.31. The van der Waals surface area contributed by atoms with Gasteiger partial charge in [-0.15, -0.1) is 0 Å². The van der Waals surface area contributed by atoms with Crippen molar-refractivity contribution in [2.75, 3.05) is 12.0 Å². The summed E-state index contributed by atoms with van der Waals surface area (Å²) in [7, 11) is 1.52. The van der Waals surface area contributed by atoms with Crippen molar-refractivity contribution < 1.29 is 23.9 Å². The molecule has 2 aromatic carbocycles. The van der Waals surface area contributed by atoms with Gasteiger partial charge in [-0.3, -0.25) is 14.5 Å². The summed E-state index contributed by atoms with van der Waals surface area (Å²) in [4.78, 5) is 38.8. The van der Waals surface area contributed by atoms with Gasteiger partial charge in [-0.25, -0.2) is 4.79 Å². The Morgan fingerprint density at radius 1 is 0.929 bits per heavy atom. The van der Waals surface area contributed by atoms with E-state index in [1.165, 1.54) is 12.0 Å². The summed E-state index contributed by atoms with van der Waals surface area (Å²) in [6.45, 7) is 0. The maximum Gasteiger partial charge on any atom is 0.343 e. The van der Waals surface area contributed by atoms with Crippen LogP contribution in [0.1, 0.15) is 23.2 Å². The SMILES string of the molecule is COc1cccc(C(=O)Oc2ccc(N3C(=O)[C@H]4CC=CC[C@H]4C3=O)cc2)c1. The zero-order valence-corrected chi connectivity index (χ0v) is 15.3. The highest BCUT2D eigenvalue weighted by Gasteiger charge is 2.47. The second-order valence-corrected chi connectivity index (χ2v) is 6.78. The zero-order valence-electron chi connectivity index (χ0n) is 15.3. The van der Waals surface area contributed by atoms with Crippen LogP contribution in [-0.2, 0) is 9.59 Å². The zero-order chi connectivity index (χ0) is 19.7. The van der Waals surface area contributed by atoms with Crippen LogP contribution < -0.4 is 14.4 Å². The third kappa shape index (κ3) is 3.17. The van der Waals surface area contributed by atoms with Gasteiger partial charge in [0.1, 0.15) is 11.5 Å². The summed E-state index contributed by atoms with van der Waals surface area (Å²) in [6.07, 6.45) is 5.11. The van der Waals surface area contributed by atoms with Crippen molar-refractivity contribution in [1.29, 1.82) is 0 Å². The molecule has 1 heterocycles. The van der Waals surface area contributed by atoms with Gasteiger partial charge in [0.05, 0.1) is 30.2 Å². The first kappa shape index (κ1) is 18.0. The van der Waals surface area contributed by atoms with Crippen LogP contribution in [0.5, 0.6) is 11.5 Å². The Bertz CT molecular complexity index is 937. The number of allylic oxidation sites excluding steroid dienone is 2. The molecule has 1 aliphatic heterocycles. The first-order valence-electron chi connectivity index (χ1n) is 9.07. The molecule has 142 valence electrons. The number of carbonyl (C=O) groups excluding carboxylic acids is 3. The third-order valence-corrected chi connectivity index (χ3v) is 5.12. The van der Waals surface area contributed by atoms with E-state index < -0.39 is 5.97 Å². The Morgan fingerprint density at radius 3 is 2.18 bits per heavy atom. The molecular weight excluding hydrogens is 358 g/mol. The van der Waals surface area contributed by atoms with Gasteiger partial charge in [-0.05, 0) is 55.3 Å². The Labute approximate surface area is 162 Å². The Morgan fingerprint density at radius 2 is 1.57 bits per heavy atom. The van der Waals surface area contributed by atoms with E-state index in [0.29, 0.717) is 35.6 Å². The molecule has 2 amide bonds. The smallest absolute Gasteiger partial charge is 0.343 e. The molecule has 1 saturated heterocycles. The van der Waals surface area contributed by atoms with E-state index in [2.05, 4.69) is 0 Å². The monoisotopic (exact) mass is 377 g/mol. The molecule has 2 aliphatic rings. The molecule has 0 N–H and O–H groups in total. The summed E-state index contributed by atoms with van der Waals surface area (Å²) >= 11 is 0. The lowest BCUT2D eigenvalue weighted by molar-refractivity contribution is -0.122. The molecule has 28 heavy (non-hydrogen) atoms. The van der Waals surface area contributed by atoms with Crippen molar-refractivity contribution >= 4 is 23.5 Å². The molecule has 1 fully saturated rings. The minimum absolute atomic E-state index is 0.166. The molecule has 0 saturated carbocycles. The predicted octanol–water partition coefficient (Wildman–Crippen LogP) is 3.37. The number of hydrogen-bond acceptors (Lipinski definition) is 5. The topological polar surface area (TPSA) is 72.9 Å². The number of imide groups is 1. The average molecular weight is 377 g/mol. The van der Waals surface area contributed by atoms with Gasteiger partial charge in [0.2, 0.25) is 11.8 Å². The molecular formula is C22H19NO5. The number of fused-ring (bicyclic) bond motifs is 1. The van der Waals surface area contributed by atoms with Gasteiger partial charge < -0.3 is 9.47 Å². The van der Waals surface area contributed by atoms with Crippen molar-refractivity contribution in [3.63, 3.8) is 0 Å². The highest BCUT2D eigenvalue weighted by Crippen LogP contribution is 2.38. The van der Waals surface area contributed by atoms with Crippen LogP contribution in [0.4, 0.5) is 5.69 Å².